The highest BCUT2D eigenvalue weighted by atomic mass is 35.5. The lowest BCUT2D eigenvalue weighted by molar-refractivity contribution is 0.138. The van der Waals surface area contributed by atoms with Crippen LogP contribution in [0, 0.1) is 5.92 Å². The highest BCUT2D eigenvalue weighted by molar-refractivity contribution is 5.85. The molecule has 1 aliphatic rings. The van der Waals surface area contributed by atoms with E-state index in [2.05, 4.69) is 0 Å². The van der Waals surface area contributed by atoms with Crippen LogP contribution in [-0.2, 0) is 0 Å². The van der Waals surface area contributed by atoms with Crippen LogP contribution >= 0.6 is 12.4 Å². The van der Waals surface area contributed by atoms with Gasteiger partial charge in [0.15, 0.2) is 0 Å². The number of hydrogen-bond donors (Lipinski definition) is 2. The summed E-state index contributed by atoms with van der Waals surface area (Å²) in [6.45, 7) is 0.279. The molecule has 0 heterocycles. The normalized spacial score (nSPS) is 35.2. The molecule has 1 aliphatic carbocycles. The summed E-state index contributed by atoms with van der Waals surface area (Å²) in [5.41, 5.74) is 5.47. The van der Waals surface area contributed by atoms with E-state index in [0.29, 0.717) is 12.0 Å². The Morgan fingerprint density at radius 3 is 2.12 bits per heavy atom. The number of aliphatic hydroxyl groups is 1. The minimum absolute atomic E-state index is 0. The van der Waals surface area contributed by atoms with Crippen LogP contribution in [0.5, 0.6) is 0 Å². The largest absolute Gasteiger partial charge is 0.396 e. The molecule has 50 valence electrons. The van der Waals surface area contributed by atoms with Crippen molar-refractivity contribution in [1.29, 1.82) is 0 Å². The van der Waals surface area contributed by atoms with Crippen molar-refractivity contribution in [3.63, 3.8) is 0 Å². The van der Waals surface area contributed by atoms with Crippen LogP contribution in [0.2, 0.25) is 0 Å². The predicted molar refractivity (Wildman–Crippen MR) is 35.0 cm³/mol. The summed E-state index contributed by atoms with van der Waals surface area (Å²) in [5.74, 6) is 0.417. The summed E-state index contributed by atoms with van der Waals surface area (Å²) < 4.78 is 0. The van der Waals surface area contributed by atoms with Crippen LogP contribution in [-0.4, -0.2) is 17.8 Å². The first-order valence-corrected chi connectivity index (χ1v) is 2.71. The number of aliphatic hydroxyl groups excluding tert-OH is 1. The molecule has 0 bridgehead atoms. The van der Waals surface area contributed by atoms with Crippen molar-refractivity contribution in [2.24, 2.45) is 11.7 Å². The summed E-state index contributed by atoms with van der Waals surface area (Å²) in [6.07, 6.45) is 2.23. The van der Waals surface area contributed by atoms with Gasteiger partial charge in [0.25, 0.3) is 0 Å². The molecule has 0 aromatic carbocycles. The van der Waals surface area contributed by atoms with Crippen LogP contribution in [0.3, 0.4) is 0 Å². The van der Waals surface area contributed by atoms with Gasteiger partial charge in [-0.2, -0.15) is 0 Å². The van der Waals surface area contributed by atoms with Crippen LogP contribution in [0.4, 0.5) is 0 Å². The topological polar surface area (TPSA) is 46.2 Å². The Labute approximate surface area is 55.5 Å². The zero-order valence-corrected chi connectivity index (χ0v) is 5.53. The molecule has 0 aromatic rings. The maximum Gasteiger partial charge on any atom is 0.0474 e. The molecule has 8 heavy (non-hydrogen) atoms. The van der Waals surface area contributed by atoms with E-state index in [9.17, 15) is 0 Å². The highest BCUT2D eigenvalue weighted by Crippen LogP contribution is 2.23. The zero-order valence-electron chi connectivity index (χ0n) is 4.71. The molecule has 3 N–H and O–H groups in total. The van der Waals surface area contributed by atoms with Crippen molar-refractivity contribution in [1.82, 2.24) is 0 Å². The first kappa shape index (κ1) is 8.21. The summed E-state index contributed by atoms with van der Waals surface area (Å²) >= 11 is 0. The standard InChI is InChI=1S/C5H11NO.ClH/c6-5-2-1-4(5)3-7;/h4-5,7H,1-3,6H2;1H. The molecule has 0 radical (unpaired) electrons. The van der Waals surface area contributed by atoms with Crippen molar-refractivity contribution in [2.75, 3.05) is 6.61 Å². The highest BCUT2D eigenvalue weighted by Gasteiger charge is 2.25. The smallest absolute Gasteiger partial charge is 0.0474 e. The first-order valence-electron chi connectivity index (χ1n) is 2.71. The van der Waals surface area contributed by atoms with E-state index in [1.165, 1.54) is 0 Å². The second kappa shape index (κ2) is 3.28. The molecular weight excluding hydrogens is 126 g/mol. The fourth-order valence-corrected chi connectivity index (χ4v) is 0.821. The van der Waals surface area contributed by atoms with Gasteiger partial charge in [-0.05, 0) is 18.8 Å². The Hall–Kier alpha value is 0.210. The van der Waals surface area contributed by atoms with E-state index in [1.807, 2.05) is 0 Å². The number of hydrogen-bond acceptors (Lipinski definition) is 2. The third-order valence-corrected chi connectivity index (χ3v) is 1.71. The van der Waals surface area contributed by atoms with Gasteiger partial charge in [-0.15, -0.1) is 12.4 Å². The van der Waals surface area contributed by atoms with Crippen LogP contribution in [0.25, 0.3) is 0 Å². The second-order valence-corrected chi connectivity index (χ2v) is 2.18. The molecule has 0 amide bonds. The van der Waals surface area contributed by atoms with Gasteiger partial charge in [0.05, 0.1) is 0 Å². The van der Waals surface area contributed by atoms with Crippen LogP contribution < -0.4 is 5.73 Å². The Morgan fingerprint density at radius 2 is 2.12 bits per heavy atom. The Bertz CT molecular complexity index is 67.4. The van der Waals surface area contributed by atoms with Gasteiger partial charge in [-0.25, -0.2) is 0 Å². The van der Waals surface area contributed by atoms with Crippen LogP contribution in [0.1, 0.15) is 12.8 Å². The Morgan fingerprint density at radius 1 is 1.50 bits per heavy atom. The van der Waals surface area contributed by atoms with Gasteiger partial charge in [0, 0.05) is 12.6 Å². The third-order valence-electron chi connectivity index (χ3n) is 1.71. The summed E-state index contributed by atoms with van der Waals surface area (Å²) in [7, 11) is 0. The Balaban J connectivity index is 0.000000490. The predicted octanol–water partition coefficient (Wildman–Crippen LogP) is 0.138. The van der Waals surface area contributed by atoms with Gasteiger partial charge in [0.1, 0.15) is 0 Å². The van der Waals surface area contributed by atoms with Gasteiger partial charge >= 0.3 is 0 Å². The van der Waals surface area contributed by atoms with Gasteiger partial charge < -0.3 is 10.8 Å². The molecule has 1 fully saturated rings. The number of rotatable bonds is 1. The maximum atomic E-state index is 8.48. The van der Waals surface area contributed by atoms with Crippen molar-refractivity contribution >= 4 is 12.4 Å². The van der Waals surface area contributed by atoms with Gasteiger partial charge in [0.2, 0.25) is 0 Å². The minimum Gasteiger partial charge on any atom is -0.396 e. The molecule has 1 rings (SSSR count). The molecule has 1 saturated carbocycles. The average molecular weight is 138 g/mol. The lowest BCUT2D eigenvalue weighted by Gasteiger charge is -2.31. The molecule has 2 unspecified atom stereocenters. The number of nitrogens with two attached hydrogens (primary N) is 1. The average Bonchev–Trinajstić information content (AvgIpc) is 1.65. The van der Waals surface area contributed by atoms with Gasteiger partial charge in [-0.3, -0.25) is 0 Å². The molecule has 0 saturated heterocycles. The third kappa shape index (κ3) is 1.34. The molecule has 0 aliphatic heterocycles. The molecular formula is C5H12ClNO. The van der Waals surface area contributed by atoms with Crippen molar-refractivity contribution in [3.05, 3.63) is 0 Å². The van der Waals surface area contributed by atoms with Crippen molar-refractivity contribution in [3.8, 4) is 0 Å². The number of halogens is 1. The molecule has 0 aromatic heterocycles. The van der Waals surface area contributed by atoms with E-state index < -0.39 is 0 Å². The summed E-state index contributed by atoms with van der Waals surface area (Å²) in [5, 5.41) is 8.48. The van der Waals surface area contributed by atoms with E-state index in [1.54, 1.807) is 0 Å². The van der Waals surface area contributed by atoms with E-state index in [-0.39, 0.29) is 19.0 Å². The molecule has 2 atom stereocenters. The van der Waals surface area contributed by atoms with E-state index in [0.717, 1.165) is 12.8 Å². The van der Waals surface area contributed by atoms with E-state index in [4.69, 9.17) is 10.8 Å². The molecule has 0 spiro atoms. The SMILES string of the molecule is Cl.NC1CCC1CO. The fraction of sp³-hybridized carbons (Fsp3) is 1.00. The van der Waals surface area contributed by atoms with Crippen LogP contribution in [0.15, 0.2) is 0 Å². The Kier molecular flexibility index (Phi) is 3.36. The fourth-order valence-electron chi connectivity index (χ4n) is 0.821. The summed E-state index contributed by atoms with van der Waals surface area (Å²) in [4.78, 5) is 0. The monoisotopic (exact) mass is 137 g/mol. The maximum absolute atomic E-state index is 8.48. The first-order chi connectivity index (χ1) is 3.34. The van der Waals surface area contributed by atoms with Crippen molar-refractivity contribution < 1.29 is 5.11 Å². The zero-order chi connectivity index (χ0) is 5.28. The second-order valence-electron chi connectivity index (χ2n) is 2.18. The molecule has 2 nitrogen and oxygen atoms in total. The van der Waals surface area contributed by atoms with Gasteiger partial charge in [-0.1, -0.05) is 0 Å². The molecule has 3 heteroatoms. The quantitative estimate of drug-likeness (QED) is 0.540. The van der Waals surface area contributed by atoms with E-state index >= 15 is 0 Å². The lowest BCUT2D eigenvalue weighted by atomic mass is 9.81. The lowest BCUT2D eigenvalue weighted by Crippen LogP contribution is -2.41. The van der Waals surface area contributed by atoms with Crippen molar-refractivity contribution in [2.45, 2.75) is 18.9 Å². The summed E-state index contributed by atoms with van der Waals surface area (Å²) in [6, 6.07) is 0.296. The minimum atomic E-state index is 0.